The monoisotopic (exact) mass is 328 g/mol. The molecule has 1 saturated heterocycles. The molecule has 118 valence electrons. The summed E-state index contributed by atoms with van der Waals surface area (Å²) in [7, 11) is 3.49. The van der Waals surface area contributed by atoms with E-state index in [0.717, 1.165) is 39.4 Å². The molecule has 7 heteroatoms. The largest absolute Gasteiger partial charge is 0.497 e. The van der Waals surface area contributed by atoms with Gasteiger partial charge in [-0.05, 0) is 36.9 Å². The molecule has 2 aromatic rings. The van der Waals surface area contributed by atoms with Crippen LogP contribution in [0, 0.1) is 6.92 Å². The van der Waals surface area contributed by atoms with Crippen LogP contribution in [0.25, 0.3) is 6.08 Å². The molecule has 2 heterocycles. The van der Waals surface area contributed by atoms with Gasteiger partial charge in [0.2, 0.25) is 0 Å². The lowest BCUT2D eigenvalue weighted by molar-refractivity contribution is 0.265. The summed E-state index contributed by atoms with van der Waals surface area (Å²) in [5.41, 5.74) is 2.71. The van der Waals surface area contributed by atoms with E-state index in [-0.39, 0.29) is 5.24 Å². The van der Waals surface area contributed by atoms with Crippen LogP contribution in [0.5, 0.6) is 5.75 Å². The van der Waals surface area contributed by atoms with Crippen molar-refractivity contribution in [1.29, 1.82) is 0 Å². The number of nitrogens with zero attached hydrogens (tertiary/aromatic N) is 3. The fraction of sp³-hybridized carbons (Fsp3) is 0.188. The van der Waals surface area contributed by atoms with Crippen LogP contribution in [-0.4, -0.2) is 28.0 Å². The Morgan fingerprint density at radius 3 is 2.96 bits per heavy atom. The molecule has 1 aliphatic rings. The Hall–Kier alpha value is -2.54. The number of methoxy groups -OCH3 is 1. The Kier molecular flexibility index (Phi) is 4.20. The third kappa shape index (κ3) is 3.29. The first-order chi connectivity index (χ1) is 11.1. The molecule has 0 radical (unpaired) electrons. The number of aliphatic imine (C=N–C) groups is 1. The van der Waals surface area contributed by atoms with E-state index >= 15 is 0 Å². The number of amides is 1. The summed E-state index contributed by atoms with van der Waals surface area (Å²) in [4.78, 5) is 17.0. The van der Waals surface area contributed by atoms with Crippen molar-refractivity contribution < 1.29 is 9.53 Å². The van der Waals surface area contributed by atoms with Gasteiger partial charge in [-0.2, -0.15) is 5.10 Å². The molecule has 1 N–H and O–H groups in total. The van der Waals surface area contributed by atoms with Crippen LogP contribution >= 0.6 is 11.8 Å². The number of nitrogens with one attached hydrogen (secondary N) is 1. The first-order valence-corrected chi connectivity index (χ1v) is 7.80. The summed E-state index contributed by atoms with van der Waals surface area (Å²) in [6.45, 7) is 1.98. The molecule has 1 amide bonds. The van der Waals surface area contributed by atoms with Gasteiger partial charge >= 0.3 is 0 Å². The SMILES string of the molecule is COc1cccc(N=C2NC(=O)SC2=Cc2cnn(C)c2C)c1. The first-order valence-electron chi connectivity index (χ1n) is 6.99. The van der Waals surface area contributed by atoms with Crippen molar-refractivity contribution in [3.8, 4) is 5.75 Å². The van der Waals surface area contributed by atoms with Crippen molar-refractivity contribution in [2.45, 2.75) is 6.92 Å². The number of rotatable bonds is 3. The van der Waals surface area contributed by atoms with Gasteiger partial charge in [0.1, 0.15) is 11.6 Å². The molecule has 0 unspecified atom stereocenters. The van der Waals surface area contributed by atoms with Gasteiger partial charge in [0.05, 0.1) is 23.9 Å². The maximum atomic E-state index is 11.7. The van der Waals surface area contributed by atoms with Gasteiger partial charge in [-0.15, -0.1) is 0 Å². The fourth-order valence-corrected chi connectivity index (χ4v) is 2.85. The number of amidine groups is 1. The quantitative estimate of drug-likeness (QED) is 0.939. The summed E-state index contributed by atoms with van der Waals surface area (Å²) in [6.07, 6.45) is 3.69. The third-order valence-electron chi connectivity index (χ3n) is 3.51. The number of ether oxygens (including phenoxy) is 1. The molecule has 0 atom stereocenters. The van der Waals surface area contributed by atoms with Crippen molar-refractivity contribution in [3.63, 3.8) is 0 Å². The number of thioether (sulfide) groups is 1. The lowest BCUT2D eigenvalue weighted by atomic mass is 10.2. The molecule has 0 aliphatic carbocycles. The zero-order valence-electron chi connectivity index (χ0n) is 13.0. The van der Waals surface area contributed by atoms with Crippen LogP contribution in [0.3, 0.4) is 0 Å². The van der Waals surface area contributed by atoms with Gasteiger partial charge in [-0.3, -0.25) is 9.48 Å². The van der Waals surface area contributed by atoms with E-state index in [1.54, 1.807) is 18.0 Å². The highest BCUT2D eigenvalue weighted by Gasteiger charge is 2.24. The number of aryl methyl sites for hydroxylation is 1. The smallest absolute Gasteiger partial charge is 0.289 e. The van der Waals surface area contributed by atoms with Crippen LogP contribution in [0.4, 0.5) is 10.5 Å². The van der Waals surface area contributed by atoms with Crippen molar-refractivity contribution in [2.24, 2.45) is 12.0 Å². The average molecular weight is 328 g/mol. The van der Waals surface area contributed by atoms with E-state index in [1.807, 2.05) is 44.3 Å². The molecule has 1 aliphatic heterocycles. The molecule has 6 nitrogen and oxygen atoms in total. The first kappa shape index (κ1) is 15.4. The summed E-state index contributed by atoms with van der Waals surface area (Å²) in [5, 5.41) is 6.84. The summed E-state index contributed by atoms with van der Waals surface area (Å²) < 4.78 is 6.99. The Labute approximate surface area is 138 Å². The number of aromatic nitrogens is 2. The van der Waals surface area contributed by atoms with E-state index in [0.29, 0.717) is 5.84 Å². The minimum atomic E-state index is -0.139. The second-order valence-corrected chi connectivity index (χ2v) is 6.01. The molecule has 0 spiro atoms. The average Bonchev–Trinajstić information content (AvgIpc) is 3.04. The van der Waals surface area contributed by atoms with Crippen molar-refractivity contribution in [2.75, 3.05) is 7.11 Å². The molecule has 1 aromatic carbocycles. The second-order valence-electron chi connectivity index (χ2n) is 4.99. The van der Waals surface area contributed by atoms with Crippen LogP contribution < -0.4 is 10.1 Å². The van der Waals surface area contributed by atoms with E-state index in [1.165, 1.54) is 0 Å². The van der Waals surface area contributed by atoms with Gasteiger partial charge < -0.3 is 10.1 Å². The predicted octanol–water partition coefficient (Wildman–Crippen LogP) is 3.26. The zero-order valence-corrected chi connectivity index (χ0v) is 13.8. The molecular formula is C16H16N4O2S. The Bertz CT molecular complexity index is 823. The molecule has 0 bridgehead atoms. The van der Waals surface area contributed by atoms with Gasteiger partial charge in [0, 0.05) is 24.4 Å². The number of benzene rings is 1. The molecule has 1 aromatic heterocycles. The van der Waals surface area contributed by atoms with Gasteiger partial charge in [0.25, 0.3) is 5.24 Å². The summed E-state index contributed by atoms with van der Waals surface area (Å²) in [5.74, 6) is 1.26. The predicted molar refractivity (Wildman–Crippen MR) is 92.1 cm³/mol. The third-order valence-corrected chi connectivity index (χ3v) is 4.33. The number of carbonyl (C=O) groups is 1. The number of carbonyl (C=O) groups excluding carboxylic acids is 1. The topological polar surface area (TPSA) is 68.5 Å². The highest BCUT2D eigenvalue weighted by Crippen LogP contribution is 2.29. The van der Waals surface area contributed by atoms with Crippen molar-refractivity contribution >= 4 is 34.6 Å². The van der Waals surface area contributed by atoms with Gasteiger partial charge in [-0.1, -0.05) is 6.07 Å². The normalized spacial score (nSPS) is 17.8. The lowest BCUT2D eigenvalue weighted by Crippen LogP contribution is -2.18. The van der Waals surface area contributed by atoms with Crippen LogP contribution in [0.1, 0.15) is 11.3 Å². The zero-order chi connectivity index (χ0) is 16.4. The van der Waals surface area contributed by atoms with Crippen LogP contribution in [0.15, 0.2) is 40.4 Å². The highest BCUT2D eigenvalue weighted by molar-refractivity contribution is 8.18. The lowest BCUT2D eigenvalue weighted by Gasteiger charge is -2.02. The fourth-order valence-electron chi connectivity index (χ4n) is 2.12. The Balaban J connectivity index is 1.97. The summed E-state index contributed by atoms with van der Waals surface area (Å²) in [6, 6.07) is 7.38. The second kappa shape index (κ2) is 6.29. The van der Waals surface area contributed by atoms with Crippen LogP contribution in [0.2, 0.25) is 0 Å². The van der Waals surface area contributed by atoms with E-state index < -0.39 is 0 Å². The minimum absolute atomic E-state index is 0.139. The summed E-state index contributed by atoms with van der Waals surface area (Å²) >= 11 is 1.13. The minimum Gasteiger partial charge on any atom is -0.497 e. The maximum Gasteiger partial charge on any atom is 0.289 e. The molecule has 1 fully saturated rings. The standard InChI is InChI=1S/C16H16N4O2S/c1-10-11(9-17-20(10)2)7-14-15(19-16(21)23-14)18-12-5-4-6-13(8-12)22-3/h4-9H,1-3H3,(H,18,19,21). The number of hydrogen-bond donors (Lipinski definition) is 1. The highest BCUT2D eigenvalue weighted by atomic mass is 32.2. The molecule has 23 heavy (non-hydrogen) atoms. The Morgan fingerprint density at radius 2 is 2.26 bits per heavy atom. The van der Waals surface area contributed by atoms with Crippen molar-refractivity contribution in [3.05, 3.63) is 46.6 Å². The van der Waals surface area contributed by atoms with E-state index in [9.17, 15) is 4.79 Å². The van der Waals surface area contributed by atoms with E-state index in [2.05, 4.69) is 15.4 Å². The Morgan fingerprint density at radius 1 is 1.43 bits per heavy atom. The molecule has 0 saturated carbocycles. The maximum absolute atomic E-state index is 11.7. The number of hydrogen-bond acceptors (Lipinski definition) is 5. The molecule has 3 rings (SSSR count). The van der Waals surface area contributed by atoms with Gasteiger partial charge in [-0.25, -0.2) is 4.99 Å². The van der Waals surface area contributed by atoms with Crippen molar-refractivity contribution in [1.82, 2.24) is 15.1 Å². The van der Waals surface area contributed by atoms with Crippen LogP contribution in [-0.2, 0) is 7.05 Å². The molecular weight excluding hydrogens is 312 g/mol. The van der Waals surface area contributed by atoms with Gasteiger partial charge in [0.15, 0.2) is 0 Å². The van der Waals surface area contributed by atoms with E-state index in [4.69, 9.17) is 4.74 Å².